The van der Waals surface area contributed by atoms with Crippen molar-refractivity contribution in [3.05, 3.63) is 11.9 Å². The number of fused-ring (bicyclic) bond motifs is 1. The van der Waals surface area contributed by atoms with Gasteiger partial charge in [-0.25, -0.2) is 4.98 Å². The lowest BCUT2D eigenvalue weighted by molar-refractivity contribution is 0.524. The van der Waals surface area contributed by atoms with E-state index < -0.39 is 0 Å². The summed E-state index contributed by atoms with van der Waals surface area (Å²) in [5.74, 6) is 0.722. The van der Waals surface area contributed by atoms with Gasteiger partial charge in [0, 0.05) is 23.7 Å². The van der Waals surface area contributed by atoms with Crippen LogP contribution in [-0.2, 0) is 13.0 Å². The minimum Gasteiger partial charge on any atom is -0.323 e. The third kappa shape index (κ3) is 1.97. The van der Waals surface area contributed by atoms with E-state index in [1.807, 2.05) is 11.8 Å². The van der Waals surface area contributed by atoms with Gasteiger partial charge in [-0.2, -0.15) is 0 Å². The molecule has 1 aliphatic heterocycles. The Morgan fingerprint density at radius 2 is 2.43 bits per heavy atom. The average Bonchev–Trinajstić information content (AvgIpc) is 2.47. The second-order valence-corrected chi connectivity index (χ2v) is 5.90. The first kappa shape index (κ1) is 10.1. The normalized spacial score (nSPS) is 21.3. The van der Waals surface area contributed by atoms with Crippen LogP contribution < -0.4 is 0 Å². The molecule has 14 heavy (non-hydrogen) atoms. The molecular weight excluding hydrogens is 192 g/mol. The van der Waals surface area contributed by atoms with Gasteiger partial charge in [0.1, 0.15) is 0 Å². The van der Waals surface area contributed by atoms with Gasteiger partial charge in [0.25, 0.3) is 0 Å². The first-order valence-corrected chi connectivity index (χ1v) is 6.26. The molecule has 0 bridgehead atoms. The highest BCUT2D eigenvalue weighted by molar-refractivity contribution is 7.99. The van der Waals surface area contributed by atoms with Crippen molar-refractivity contribution in [2.24, 2.45) is 5.92 Å². The van der Waals surface area contributed by atoms with Crippen molar-refractivity contribution in [3.8, 4) is 0 Å². The summed E-state index contributed by atoms with van der Waals surface area (Å²) in [6.07, 6.45) is 4.49. The van der Waals surface area contributed by atoms with Gasteiger partial charge in [0.2, 0.25) is 0 Å². The van der Waals surface area contributed by atoms with Crippen LogP contribution >= 0.6 is 11.8 Å². The first-order chi connectivity index (χ1) is 6.66. The van der Waals surface area contributed by atoms with E-state index in [1.54, 1.807) is 0 Å². The van der Waals surface area contributed by atoms with Crippen molar-refractivity contribution in [1.29, 1.82) is 0 Å². The predicted molar refractivity (Wildman–Crippen MR) is 60.7 cm³/mol. The molecule has 1 aliphatic rings. The Hall–Kier alpha value is -0.440. The molecule has 3 heteroatoms. The maximum Gasteiger partial charge on any atom is 0.168 e. The van der Waals surface area contributed by atoms with Crippen molar-refractivity contribution < 1.29 is 0 Å². The SMILES string of the molecule is CC(C)Cc1cnc2n1CC[C@@H](C)S2. The number of aromatic nitrogens is 2. The largest absolute Gasteiger partial charge is 0.323 e. The number of imidazole rings is 1. The van der Waals surface area contributed by atoms with Crippen LogP contribution in [0.3, 0.4) is 0 Å². The highest BCUT2D eigenvalue weighted by atomic mass is 32.2. The van der Waals surface area contributed by atoms with Crippen LogP contribution in [-0.4, -0.2) is 14.8 Å². The molecule has 0 radical (unpaired) electrons. The van der Waals surface area contributed by atoms with Gasteiger partial charge < -0.3 is 4.57 Å². The Bertz CT molecular complexity index is 317. The summed E-state index contributed by atoms with van der Waals surface area (Å²) in [4.78, 5) is 4.49. The van der Waals surface area contributed by atoms with Gasteiger partial charge in [0.05, 0.1) is 0 Å². The Kier molecular flexibility index (Phi) is 2.86. The zero-order valence-corrected chi connectivity index (χ0v) is 9.97. The van der Waals surface area contributed by atoms with Crippen molar-refractivity contribution in [2.75, 3.05) is 0 Å². The van der Waals surface area contributed by atoms with Gasteiger partial charge in [-0.1, -0.05) is 32.5 Å². The van der Waals surface area contributed by atoms with Gasteiger partial charge >= 0.3 is 0 Å². The standard InChI is InChI=1S/C11H18N2S/c1-8(2)6-10-7-12-11-13(10)5-4-9(3)14-11/h7-9H,4-6H2,1-3H3/t9-/m1/s1. The van der Waals surface area contributed by atoms with Crippen molar-refractivity contribution >= 4 is 11.8 Å². The van der Waals surface area contributed by atoms with Gasteiger partial charge in [-0.15, -0.1) is 0 Å². The summed E-state index contributed by atoms with van der Waals surface area (Å²) in [7, 11) is 0. The fourth-order valence-electron chi connectivity index (χ4n) is 1.86. The van der Waals surface area contributed by atoms with E-state index in [2.05, 4.69) is 36.5 Å². The van der Waals surface area contributed by atoms with Gasteiger partial charge in [-0.3, -0.25) is 0 Å². The molecular formula is C11H18N2S. The molecule has 0 saturated carbocycles. The molecule has 2 rings (SSSR count). The van der Waals surface area contributed by atoms with Crippen LogP contribution in [0.15, 0.2) is 11.4 Å². The maximum atomic E-state index is 4.49. The minimum absolute atomic E-state index is 0.722. The predicted octanol–water partition coefficient (Wildman–Crippen LogP) is 2.97. The average molecular weight is 210 g/mol. The molecule has 0 spiro atoms. The molecule has 1 aromatic heterocycles. The summed E-state index contributed by atoms with van der Waals surface area (Å²) in [6.45, 7) is 7.97. The topological polar surface area (TPSA) is 17.8 Å². The highest BCUT2D eigenvalue weighted by Crippen LogP contribution is 2.31. The molecule has 0 amide bonds. The van der Waals surface area contributed by atoms with Crippen molar-refractivity contribution in [3.63, 3.8) is 0 Å². The van der Waals surface area contributed by atoms with Crippen LogP contribution in [0, 0.1) is 5.92 Å². The molecule has 1 atom stereocenters. The van der Waals surface area contributed by atoms with E-state index in [-0.39, 0.29) is 0 Å². The summed E-state index contributed by atoms with van der Waals surface area (Å²) in [5.41, 5.74) is 1.41. The maximum absolute atomic E-state index is 4.49. The summed E-state index contributed by atoms with van der Waals surface area (Å²) >= 11 is 1.91. The lowest BCUT2D eigenvalue weighted by Crippen LogP contribution is -2.15. The van der Waals surface area contributed by atoms with E-state index in [0.717, 1.165) is 24.1 Å². The molecule has 78 valence electrons. The zero-order chi connectivity index (χ0) is 10.1. The lowest BCUT2D eigenvalue weighted by atomic mass is 10.1. The van der Waals surface area contributed by atoms with E-state index in [1.165, 1.54) is 17.3 Å². The van der Waals surface area contributed by atoms with E-state index in [0.29, 0.717) is 0 Å². The summed E-state index contributed by atoms with van der Waals surface area (Å²) < 4.78 is 2.39. The third-order valence-electron chi connectivity index (χ3n) is 2.58. The molecule has 0 saturated heterocycles. The number of hydrogen-bond acceptors (Lipinski definition) is 2. The molecule has 2 nitrogen and oxygen atoms in total. The zero-order valence-electron chi connectivity index (χ0n) is 9.16. The summed E-state index contributed by atoms with van der Waals surface area (Å²) in [6, 6.07) is 0. The summed E-state index contributed by atoms with van der Waals surface area (Å²) in [5, 5.41) is 1.95. The lowest BCUT2D eigenvalue weighted by Gasteiger charge is -2.21. The molecule has 0 unspecified atom stereocenters. The number of nitrogens with zero attached hydrogens (tertiary/aromatic N) is 2. The van der Waals surface area contributed by atoms with E-state index >= 15 is 0 Å². The monoisotopic (exact) mass is 210 g/mol. The molecule has 0 fully saturated rings. The smallest absolute Gasteiger partial charge is 0.168 e. The fraction of sp³-hybridized carbons (Fsp3) is 0.727. The molecule has 0 N–H and O–H groups in total. The molecule has 0 aromatic carbocycles. The molecule has 1 aromatic rings. The van der Waals surface area contributed by atoms with Crippen LogP contribution in [0.5, 0.6) is 0 Å². The highest BCUT2D eigenvalue weighted by Gasteiger charge is 2.19. The number of thioether (sulfide) groups is 1. The number of hydrogen-bond donors (Lipinski definition) is 0. The first-order valence-electron chi connectivity index (χ1n) is 5.38. The van der Waals surface area contributed by atoms with E-state index in [4.69, 9.17) is 0 Å². The second kappa shape index (κ2) is 3.97. The molecule has 0 aliphatic carbocycles. The quantitative estimate of drug-likeness (QED) is 0.747. The van der Waals surface area contributed by atoms with Crippen molar-refractivity contribution in [2.45, 2.75) is 50.6 Å². The van der Waals surface area contributed by atoms with Crippen LogP contribution in [0.25, 0.3) is 0 Å². The fourth-order valence-corrected chi connectivity index (χ4v) is 2.89. The Morgan fingerprint density at radius 1 is 1.64 bits per heavy atom. The molecule has 2 heterocycles. The second-order valence-electron chi connectivity index (χ2n) is 4.50. The van der Waals surface area contributed by atoms with Crippen molar-refractivity contribution in [1.82, 2.24) is 9.55 Å². The minimum atomic E-state index is 0.722. The third-order valence-corrected chi connectivity index (χ3v) is 3.76. The van der Waals surface area contributed by atoms with Crippen LogP contribution in [0.1, 0.15) is 32.9 Å². The Morgan fingerprint density at radius 3 is 3.14 bits per heavy atom. The Labute approximate surface area is 90.1 Å². The van der Waals surface area contributed by atoms with Gasteiger partial charge in [-0.05, 0) is 18.8 Å². The van der Waals surface area contributed by atoms with Gasteiger partial charge in [0.15, 0.2) is 5.16 Å². The Balaban J connectivity index is 2.20. The van der Waals surface area contributed by atoms with E-state index in [9.17, 15) is 0 Å². The van der Waals surface area contributed by atoms with Crippen LogP contribution in [0.2, 0.25) is 0 Å². The van der Waals surface area contributed by atoms with Crippen LogP contribution in [0.4, 0.5) is 0 Å². The number of rotatable bonds is 2.